The average molecular weight is 103 g/mol. The fourth-order valence-corrected chi connectivity index (χ4v) is 0.409. The van der Waals surface area contributed by atoms with Crippen molar-refractivity contribution in [3.05, 3.63) is 11.2 Å². The van der Waals surface area contributed by atoms with E-state index in [4.69, 9.17) is 0 Å². The molecule has 0 radical (unpaired) electrons. The molecule has 0 aromatic carbocycles. The highest BCUT2D eigenvalue weighted by molar-refractivity contribution is 7.84. The van der Waals surface area contributed by atoms with Crippen LogP contribution in [0.1, 0.15) is 0 Å². The van der Waals surface area contributed by atoms with Gasteiger partial charge in [0.1, 0.15) is 5.03 Å². The minimum atomic E-state index is 0.887. The first-order chi connectivity index (χ1) is 2.84. The molecule has 0 spiro atoms. The summed E-state index contributed by atoms with van der Waals surface area (Å²) in [6, 6.07) is 0. The highest BCUT2D eigenvalue weighted by atomic mass is 32.1. The van der Waals surface area contributed by atoms with Crippen LogP contribution >= 0.6 is 12.6 Å². The molecule has 0 aromatic rings. The van der Waals surface area contributed by atoms with E-state index in [9.17, 15) is 0 Å². The van der Waals surface area contributed by atoms with Crippen molar-refractivity contribution >= 4 is 12.6 Å². The van der Waals surface area contributed by atoms with Gasteiger partial charge < -0.3 is 0 Å². The van der Waals surface area contributed by atoms with Crippen molar-refractivity contribution in [2.45, 2.75) is 0 Å². The molecule has 0 bridgehead atoms. The SMILES string of the molecule is CON1C=C1S. The third-order valence-electron chi connectivity index (χ3n) is 0.587. The Morgan fingerprint density at radius 2 is 2.50 bits per heavy atom. The van der Waals surface area contributed by atoms with Gasteiger partial charge in [0.25, 0.3) is 0 Å². The number of nitrogens with zero attached hydrogens (tertiary/aromatic N) is 1. The first-order valence-electron chi connectivity index (χ1n) is 1.58. The Balaban J connectivity index is 2.18. The molecule has 1 heterocycles. The molecule has 1 rings (SSSR count). The van der Waals surface area contributed by atoms with Crippen LogP contribution in [0, 0.1) is 0 Å². The molecule has 0 aliphatic carbocycles. The van der Waals surface area contributed by atoms with Crippen molar-refractivity contribution in [3.8, 4) is 0 Å². The molecule has 0 fully saturated rings. The summed E-state index contributed by atoms with van der Waals surface area (Å²) in [5.74, 6) is 0. The molecule has 0 saturated heterocycles. The number of hydrogen-bond donors (Lipinski definition) is 1. The lowest BCUT2D eigenvalue weighted by atomic mass is 11.3. The Morgan fingerprint density at radius 1 is 2.00 bits per heavy atom. The molecule has 0 amide bonds. The summed E-state index contributed by atoms with van der Waals surface area (Å²) in [5, 5.41) is 2.46. The van der Waals surface area contributed by atoms with E-state index in [1.165, 1.54) is 0 Å². The fraction of sp³-hybridized carbons (Fsp3) is 0.333. The summed E-state index contributed by atoms with van der Waals surface area (Å²) >= 11 is 3.91. The van der Waals surface area contributed by atoms with Crippen LogP contribution in [0.3, 0.4) is 0 Å². The molecule has 34 valence electrons. The zero-order chi connectivity index (χ0) is 4.57. The van der Waals surface area contributed by atoms with Gasteiger partial charge in [-0.25, -0.2) is 5.06 Å². The molecular weight excluding hydrogens is 98.1 g/mol. The average Bonchev–Trinajstić information content (AvgIpc) is 2.19. The third kappa shape index (κ3) is 0.507. The predicted octanol–water partition coefficient (Wildman–Crippen LogP) is 0.592. The van der Waals surface area contributed by atoms with Gasteiger partial charge in [-0.15, -0.1) is 12.6 Å². The van der Waals surface area contributed by atoms with Crippen molar-refractivity contribution in [2.24, 2.45) is 0 Å². The quantitative estimate of drug-likeness (QED) is 0.487. The lowest BCUT2D eigenvalue weighted by Crippen LogP contribution is -1.91. The monoisotopic (exact) mass is 103 g/mol. The second-order valence-electron chi connectivity index (χ2n) is 0.996. The number of thiol groups is 1. The van der Waals surface area contributed by atoms with Crippen LogP contribution in [0.25, 0.3) is 0 Å². The van der Waals surface area contributed by atoms with E-state index in [0.717, 1.165) is 5.03 Å². The van der Waals surface area contributed by atoms with Gasteiger partial charge in [0.15, 0.2) is 0 Å². The maximum Gasteiger partial charge on any atom is 0.118 e. The Morgan fingerprint density at radius 3 is 2.50 bits per heavy atom. The summed E-state index contributed by atoms with van der Waals surface area (Å²) in [7, 11) is 1.60. The highest BCUT2D eigenvalue weighted by Crippen LogP contribution is 2.22. The van der Waals surface area contributed by atoms with Gasteiger partial charge in [-0.05, 0) is 0 Å². The van der Waals surface area contributed by atoms with Crippen LogP contribution in [-0.2, 0) is 4.84 Å². The van der Waals surface area contributed by atoms with Crippen LogP contribution < -0.4 is 0 Å². The zero-order valence-electron chi connectivity index (χ0n) is 3.38. The lowest BCUT2D eigenvalue weighted by Gasteiger charge is -1.93. The van der Waals surface area contributed by atoms with Crippen molar-refractivity contribution in [1.82, 2.24) is 5.06 Å². The molecule has 0 atom stereocenters. The van der Waals surface area contributed by atoms with Gasteiger partial charge in [0.05, 0.1) is 13.3 Å². The largest absolute Gasteiger partial charge is 0.272 e. The van der Waals surface area contributed by atoms with Crippen molar-refractivity contribution < 1.29 is 4.84 Å². The summed E-state index contributed by atoms with van der Waals surface area (Å²) in [5.41, 5.74) is 0. The van der Waals surface area contributed by atoms with Crippen LogP contribution in [0.4, 0.5) is 0 Å². The van der Waals surface area contributed by atoms with E-state index >= 15 is 0 Å². The van der Waals surface area contributed by atoms with Gasteiger partial charge in [-0.3, -0.25) is 4.84 Å². The van der Waals surface area contributed by atoms with Crippen molar-refractivity contribution in [3.63, 3.8) is 0 Å². The Labute approximate surface area is 41.8 Å². The standard InChI is InChI=1S/C3H5NOS/c1-5-4-2-3(4)6/h2,6H,1H3. The molecule has 0 aromatic heterocycles. The minimum Gasteiger partial charge on any atom is -0.272 e. The van der Waals surface area contributed by atoms with Crippen LogP contribution in [0.5, 0.6) is 0 Å². The maximum atomic E-state index is 4.64. The first-order valence-corrected chi connectivity index (χ1v) is 2.03. The molecule has 0 unspecified atom stereocenters. The van der Waals surface area contributed by atoms with E-state index in [0.29, 0.717) is 0 Å². The molecule has 2 nitrogen and oxygen atoms in total. The van der Waals surface area contributed by atoms with Gasteiger partial charge in [0.2, 0.25) is 0 Å². The van der Waals surface area contributed by atoms with Gasteiger partial charge in [-0.1, -0.05) is 0 Å². The first kappa shape index (κ1) is 4.02. The normalized spacial score (nSPS) is 17.7. The van der Waals surface area contributed by atoms with E-state index in [1.54, 1.807) is 18.4 Å². The molecule has 0 saturated carbocycles. The van der Waals surface area contributed by atoms with Crippen molar-refractivity contribution in [2.75, 3.05) is 7.11 Å². The Kier molecular flexibility index (Phi) is 0.782. The number of hydroxylamine groups is 2. The predicted molar refractivity (Wildman–Crippen MR) is 25.9 cm³/mol. The van der Waals surface area contributed by atoms with Crippen molar-refractivity contribution in [1.29, 1.82) is 0 Å². The molecule has 0 N–H and O–H groups in total. The van der Waals surface area contributed by atoms with Crippen LogP contribution in [-0.4, -0.2) is 12.2 Å². The molecular formula is C3H5NOS. The Hall–Kier alpha value is -0.150. The highest BCUT2D eigenvalue weighted by Gasteiger charge is 2.14. The van der Waals surface area contributed by atoms with E-state index < -0.39 is 0 Å². The van der Waals surface area contributed by atoms with Gasteiger partial charge in [0, 0.05) is 0 Å². The van der Waals surface area contributed by atoms with Gasteiger partial charge in [-0.2, -0.15) is 0 Å². The van der Waals surface area contributed by atoms with E-state index in [1.807, 2.05) is 0 Å². The molecule has 3 heteroatoms. The fourth-order valence-electron chi connectivity index (χ4n) is 0.222. The van der Waals surface area contributed by atoms with Crippen LogP contribution in [0.15, 0.2) is 11.2 Å². The minimum absolute atomic E-state index is 0.887. The molecule has 6 heavy (non-hydrogen) atoms. The molecule has 1 aliphatic heterocycles. The smallest absolute Gasteiger partial charge is 0.118 e. The molecule has 1 aliphatic rings. The van der Waals surface area contributed by atoms with Crippen LogP contribution in [0.2, 0.25) is 0 Å². The Bertz CT molecular complexity index is 90.8. The van der Waals surface area contributed by atoms with E-state index in [2.05, 4.69) is 17.5 Å². The number of rotatable bonds is 1. The van der Waals surface area contributed by atoms with E-state index in [-0.39, 0.29) is 0 Å². The summed E-state index contributed by atoms with van der Waals surface area (Å²) in [6.07, 6.45) is 1.78. The number of hydrogen-bond acceptors (Lipinski definition) is 3. The third-order valence-corrected chi connectivity index (χ3v) is 0.900. The lowest BCUT2D eigenvalue weighted by molar-refractivity contribution is -0.00806. The maximum absolute atomic E-state index is 4.64. The summed E-state index contributed by atoms with van der Waals surface area (Å²) < 4.78 is 0. The summed E-state index contributed by atoms with van der Waals surface area (Å²) in [6.45, 7) is 0. The second kappa shape index (κ2) is 1.17. The summed E-state index contributed by atoms with van der Waals surface area (Å²) in [4.78, 5) is 4.64. The second-order valence-corrected chi connectivity index (χ2v) is 1.45. The van der Waals surface area contributed by atoms with Gasteiger partial charge >= 0.3 is 0 Å². The zero-order valence-corrected chi connectivity index (χ0v) is 4.27. The topological polar surface area (TPSA) is 12.2 Å².